The Balaban J connectivity index is 2.46. The van der Waals surface area contributed by atoms with Gasteiger partial charge in [-0.2, -0.15) is 18.4 Å². The smallest absolute Gasteiger partial charge is 0.309 e. The van der Waals surface area contributed by atoms with Gasteiger partial charge in [-0.25, -0.2) is 0 Å². The van der Waals surface area contributed by atoms with Crippen LogP contribution in [0.2, 0.25) is 5.02 Å². The molecule has 108 valence electrons. The lowest BCUT2D eigenvalue weighted by Gasteiger charge is -2.12. The lowest BCUT2D eigenvalue weighted by Crippen LogP contribution is -2.23. The van der Waals surface area contributed by atoms with E-state index in [1.54, 1.807) is 18.2 Å². The summed E-state index contributed by atoms with van der Waals surface area (Å²) >= 11 is 5.56. The molecule has 0 amide bonds. The van der Waals surface area contributed by atoms with Crippen molar-refractivity contribution < 1.29 is 13.2 Å². The molecule has 21 heavy (non-hydrogen) atoms. The van der Waals surface area contributed by atoms with Crippen molar-refractivity contribution in [1.29, 1.82) is 5.26 Å². The van der Waals surface area contributed by atoms with Crippen molar-refractivity contribution in [3.05, 3.63) is 68.6 Å². The summed E-state index contributed by atoms with van der Waals surface area (Å²) in [6.45, 7) is -0.0992. The molecule has 0 unspecified atom stereocenters. The third kappa shape index (κ3) is 3.44. The summed E-state index contributed by atoms with van der Waals surface area (Å²) in [5.41, 5.74) is -0.819. The van der Waals surface area contributed by atoms with Gasteiger partial charge in [-0.15, -0.1) is 0 Å². The minimum atomic E-state index is -4.59. The van der Waals surface area contributed by atoms with E-state index in [2.05, 4.69) is 0 Å². The molecule has 2 aromatic rings. The van der Waals surface area contributed by atoms with Crippen LogP contribution in [-0.2, 0) is 12.7 Å². The molecular weight excluding hydrogens is 305 g/mol. The van der Waals surface area contributed by atoms with Gasteiger partial charge in [0, 0.05) is 6.20 Å². The summed E-state index contributed by atoms with van der Waals surface area (Å²) in [4.78, 5) is 11.8. The Hall–Kier alpha value is -2.26. The van der Waals surface area contributed by atoms with Crippen molar-refractivity contribution in [3.63, 3.8) is 0 Å². The summed E-state index contributed by atoms with van der Waals surface area (Å²) in [6.07, 6.45) is -3.87. The van der Waals surface area contributed by atoms with Gasteiger partial charge in [0.1, 0.15) is 5.02 Å². The molecule has 0 aliphatic rings. The lowest BCUT2D eigenvalue weighted by molar-refractivity contribution is -0.138. The first-order valence-electron chi connectivity index (χ1n) is 5.77. The average Bonchev–Trinajstić information content (AvgIpc) is 2.42. The Kier molecular flexibility index (Phi) is 4.05. The molecule has 1 aromatic heterocycles. The Morgan fingerprint density at radius 2 is 2.00 bits per heavy atom. The van der Waals surface area contributed by atoms with Crippen LogP contribution in [0.3, 0.4) is 0 Å². The molecule has 0 radical (unpaired) electrons. The van der Waals surface area contributed by atoms with Gasteiger partial charge in [-0.05, 0) is 23.8 Å². The number of nitrogens with zero attached hydrogens (tertiary/aromatic N) is 2. The number of hydrogen-bond acceptors (Lipinski definition) is 2. The number of nitriles is 1. The van der Waals surface area contributed by atoms with Crippen molar-refractivity contribution in [2.75, 3.05) is 0 Å². The Bertz CT molecular complexity index is 775. The fraction of sp³-hybridized carbons (Fsp3) is 0.143. The average molecular weight is 313 g/mol. The van der Waals surface area contributed by atoms with E-state index in [1.165, 1.54) is 6.07 Å². The molecule has 0 saturated carbocycles. The van der Waals surface area contributed by atoms with Crippen LogP contribution in [0, 0.1) is 11.3 Å². The van der Waals surface area contributed by atoms with E-state index in [4.69, 9.17) is 16.9 Å². The van der Waals surface area contributed by atoms with Crippen LogP contribution in [0.15, 0.2) is 41.3 Å². The molecule has 0 spiro atoms. The zero-order chi connectivity index (χ0) is 15.6. The zero-order valence-corrected chi connectivity index (χ0v) is 11.2. The van der Waals surface area contributed by atoms with Gasteiger partial charge in [0.25, 0.3) is 5.56 Å². The highest BCUT2D eigenvalue weighted by molar-refractivity contribution is 6.30. The molecule has 0 fully saturated rings. The van der Waals surface area contributed by atoms with Crippen molar-refractivity contribution in [3.8, 4) is 6.07 Å². The number of rotatable bonds is 2. The van der Waals surface area contributed by atoms with Crippen LogP contribution in [0.1, 0.15) is 16.7 Å². The van der Waals surface area contributed by atoms with Crippen molar-refractivity contribution in [2.45, 2.75) is 12.7 Å². The maximum absolute atomic E-state index is 12.7. The highest BCUT2D eigenvalue weighted by Gasteiger charge is 2.32. The molecule has 0 N–H and O–H groups in total. The first kappa shape index (κ1) is 15.1. The molecule has 7 heteroatoms. The molecule has 3 nitrogen and oxygen atoms in total. The zero-order valence-electron chi connectivity index (χ0n) is 10.5. The van der Waals surface area contributed by atoms with Gasteiger partial charge in [0.05, 0.1) is 23.7 Å². The molecule has 1 heterocycles. The van der Waals surface area contributed by atoms with E-state index in [0.717, 1.165) is 4.57 Å². The normalized spacial score (nSPS) is 11.2. The molecule has 0 bridgehead atoms. The second-order valence-corrected chi connectivity index (χ2v) is 4.73. The molecule has 2 rings (SSSR count). The first-order valence-corrected chi connectivity index (χ1v) is 6.15. The number of alkyl halides is 3. The summed E-state index contributed by atoms with van der Waals surface area (Å²) in [5, 5.41) is 8.29. The van der Waals surface area contributed by atoms with Gasteiger partial charge in [0.2, 0.25) is 0 Å². The maximum Gasteiger partial charge on any atom is 0.417 e. The molecule has 1 aromatic carbocycles. The third-order valence-electron chi connectivity index (χ3n) is 2.78. The van der Waals surface area contributed by atoms with Crippen molar-refractivity contribution in [2.24, 2.45) is 0 Å². The summed E-state index contributed by atoms with van der Waals surface area (Å²) < 4.78 is 39.0. The highest BCUT2D eigenvalue weighted by Crippen LogP contribution is 2.29. The van der Waals surface area contributed by atoms with E-state index >= 15 is 0 Å². The Labute approximate surface area is 122 Å². The minimum Gasteiger partial charge on any atom is -0.309 e. The van der Waals surface area contributed by atoms with E-state index in [9.17, 15) is 18.0 Å². The number of aromatic nitrogens is 1. The van der Waals surface area contributed by atoms with Gasteiger partial charge in [0.15, 0.2) is 0 Å². The van der Waals surface area contributed by atoms with E-state index in [0.29, 0.717) is 23.4 Å². The maximum atomic E-state index is 12.7. The molecule has 0 aliphatic heterocycles. The van der Waals surface area contributed by atoms with E-state index in [-0.39, 0.29) is 6.54 Å². The fourth-order valence-electron chi connectivity index (χ4n) is 1.81. The second-order valence-electron chi connectivity index (χ2n) is 4.32. The second kappa shape index (κ2) is 5.62. The van der Waals surface area contributed by atoms with Crippen molar-refractivity contribution >= 4 is 11.6 Å². The molecule has 0 aliphatic carbocycles. The van der Waals surface area contributed by atoms with Gasteiger partial charge in [-0.1, -0.05) is 23.7 Å². The minimum absolute atomic E-state index is 0.0992. The number of benzene rings is 1. The van der Waals surface area contributed by atoms with E-state index in [1.807, 2.05) is 6.07 Å². The van der Waals surface area contributed by atoms with Crippen LogP contribution in [0.4, 0.5) is 13.2 Å². The van der Waals surface area contributed by atoms with Crippen LogP contribution in [0.25, 0.3) is 0 Å². The Morgan fingerprint density at radius 3 is 2.62 bits per heavy atom. The number of hydrogen-bond donors (Lipinski definition) is 0. The van der Waals surface area contributed by atoms with Gasteiger partial charge < -0.3 is 4.57 Å². The fourth-order valence-corrected chi connectivity index (χ4v) is 2.03. The van der Waals surface area contributed by atoms with Gasteiger partial charge in [-0.3, -0.25) is 4.79 Å². The van der Waals surface area contributed by atoms with Crippen LogP contribution in [0.5, 0.6) is 0 Å². The number of halogens is 4. The first-order chi connectivity index (χ1) is 9.81. The monoisotopic (exact) mass is 312 g/mol. The quantitative estimate of drug-likeness (QED) is 0.852. The molecule has 0 atom stereocenters. The molecular formula is C14H8ClF3N2O. The van der Waals surface area contributed by atoms with E-state index < -0.39 is 22.3 Å². The predicted molar refractivity (Wildman–Crippen MR) is 71.0 cm³/mol. The summed E-state index contributed by atoms with van der Waals surface area (Å²) in [6, 6.07) is 8.79. The molecule has 0 saturated heterocycles. The highest BCUT2D eigenvalue weighted by atomic mass is 35.5. The van der Waals surface area contributed by atoms with Crippen LogP contribution in [-0.4, -0.2) is 4.57 Å². The van der Waals surface area contributed by atoms with Gasteiger partial charge >= 0.3 is 6.18 Å². The third-order valence-corrected chi connectivity index (χ3v) is 3.05. The SMILES string of the molecule is N#Cc1cccc(Cn2cc(C(F)(F)F)cc(Cl)c2=O)c1. The Morgan fingerprint density at radius 1 is 1.29 bits per heavy atom. The predicted octanol–water partition coefficient (Wildman–Crippen LogP) is 3.44. The summed E-state index contributed by atoms with van der Waals surface area (Å²) in [5.74, 6) is 0. The standard InChI is InChI=1S/C14H8ClF3N2O/c15-12-5-11(14(16,17)18)8-20(13(12)21)7-10-3-1-2-9(4-10)6-19/h1-5,8H,7H2. The van der Waals surface area contributed by atoms with Crippen LogP contribution < -0.4 is 5.56 Å². The summed E-state index contributed by atoms with van der Waals surface area (Å²) in [7, 11) is 0. The topological polar surface area (TPSA) is 45.8 Å². The largest absolute Gasteiger partial charge is 0.417 e. The number of pyridine rings is 1. The van der Waals surface area contributed by atoms with Crippen LogP contribution >= 0.6 is 11.6 Å². The van der Waals surface area contributed by atoms with Crippen molar-refractivity contribution in [1.82, 2.24) is 4.57 Å². The lowest BCUT2D eigenvalue weighted by atomic mass is 10.1.